The van der Waals surface area contributed by atoms with E-state index in [1.54, 1.807) is 19.2 Å². The second kappa shape index (κ2) is 6.16. The fraction of sp³-hybridized carbons (Fsp3) is 0.133. The SMILES string of the molecule is COCc1ccccc1NC(=O)c1ccc(N)cc1F. The van der Waals surface area contributed by atoms with Crippen LogP contribution in [0, 0.1) is 5.82 Å². The molecule has 0 spiro atoms. The minimum atomic E-state index is -0.647. The zero-order valence-corrected chi connectivity index (χ0v) is 11.0. The zero-order valence-electron chi connectivity index (χ0n) is 11.0. The number of hydrogen-bond donors (Lipinski definition) is 2. The van der Waals surface area contributed by atoms with Gasteiger partial charge in [0.1, 0.15) is 5.82 Å². The molecule has 5 heteroatoms. The Morgan fingerprint density at radius 3 is 2.75 bits per heavy atom. The summed E-state index contributed by atoms with van der Waals surface area (Å²) < 4.78 is 18.7. The van der Waals surface area contributed by atoms with Gasteiger partial charge in [-0.25, -0.2) is 4.39 Å². The van der Waals surface area contributed by atoms with Gasteiger partial charge < -0.3 is 15.8 Å². The number of nitrogens with one attached hydrogen (secondary N) is 1. The van der Waals surface area contributed by atoms with E-state index in [2.05, 4.69) is 5.32 Å². The third-order valence-corrected chi connectivity index (χ3v) is 2.80. The number of nitrogen functional groups attached to an aromatic ring is 1. The zero-order chi connectivity index (χ0) is 14.5. The number of ether oxygens (including phenoxy) is 1. The van der Waals surface area contributed by atoms with Crippen LogP contribution in [0.4, 0.5) is 15.8 Å². The van der Waals surface area contributed by atoms with Gasteiger partial charge >= 0.3 is 0 Å². The van der Waals surface area contributed by atoms with Crippen molar-refractivity contribution in [2.24, 2.45) is 0 Å². The minimum absolute atomic E-state index is 0.0496. The smallest absolute Gasteiger partial charge is 0.258 e. The maximum Gasteiger partial charge on any atom is 0.258 e. The predicted molar refractivity (Wildman–Crippen MR) is 75.9 cm³/mol. The Bertz CT molecular complexity index is 629. The molecule has 0 saturated heterocycles. The lowest BCUT2D eigenvalue weighted by Gasteiger charge is -2.11. The molecule has 0 atom stereocenters. The van der Waals surface area contributed by atoms with Crippen molar-refractivity contribution in [3.8, 4) is 0 Å². The second-order valence-electron chi connectivity index (χ2n) is 4.28. The molecule has 0 aromatic heterocycles. The van der Waals surface area contributed by atoms with Crippen LogP contribution in [0.25, 0.3) is 0 Å². The minimum Gasteiger partial charge on any atom is -0.399 e. The van der Waals surface area contributed by atoms with Crippen molar-refractivity contribution in [2.45, 2.75) is 6.61 Å². The maximum absolute atomic E-state index is 13.7. The number of carbonyl (C=O) groups excluding carboxylic acids is 1. The molecule has 2 rings (SSSR count). The highest BCUT2D eigenvalue weighted by Crippen LogP contribution is 2.18. The van der Waals surface area contributed by atoms with Crippen molar-refractivity contribution in [2.75, 3.05) is 18.2 Å². The Morgan fingerprint density at radius 2 is 2.05 bits per heavy atom. The van der Waals surface area contributed by atoms with Crippen LogP contribution in [0.3, 0.4) is 0 Å². The number of methoxy groups -OCH3 is 1. The fourth-order valence-electron chi connectivity index (χ4n) is 1.83. The molecule has 0 unspecified atom stereocenters. The largest absolute Gasteiger partial charge is 0.399 e. The third-order valence-electron chi connectivity index (χ3n) is 2.80. The maximum atomic E-state index is 13.7. The third kappa shape index (κ3) is 3.13. The Kier molecular flexibility index (Phi) is 4.32. The molecule has 0 heterocycles. The van der Waals surface area contributed by atoms with E-state index in [-0.39, 0.29) is 11.3 Å². The van der Waals surface area contributed by atoms with E-state index < -0.39 is 11.7 Å². The number of para-hydroxylation sites is 1. The van der Waals surface area contributed by atoms with Crippen molar-refractivity contribution in [3.63, 3.8) is 0 Å². The molecular formula is C15H15FN2O2. The molecule has 20 heavy (non-hydrogen) atoms. The highest BCUT2D eigenvalue weighted by Gasteiger charge is 2.13. The molecule has 4 nitrogen and oxygen atoms in total. The van der Waals surface area contributed by atoms with E-state index in [9.17, 15) is 9.18 Å². The number of rotatable bonds is 4. The second-order valence-corrected chi connectivity index (χ2v) is 4.28. The molecule has 0 aliphatic rings. The topological polar surface area (TPSA) is 64.3 Å². The summed E-state index contributed by atoms with van der Waals surface area (Å²) >= 11 is 0. The Labute approximate surface area is 116 Å². The molecule has 2 aromatic rings. The Hall–Kier alpha value is -2.40. The van der Waals surface area contributed by atoms with Gasteiger partial charge in [-0.3, -0.25) is 4.79 Å². The normalized spacial score (nSPS) is 10.3. The molecule has 0 saturated carbocycles. The summed E-state index contributed by atoms with van der Waals surface area (Å²) in [6.45, 7) is 0.362. The number of halogens is 1. The number of hydrogen-bond acceptors (Lipinski definition) is 3. The van der Waals surface area contributed by atoms with Gasteiger partial charge in [0, 0.05) is 24.0 Å². The van der Waals surface area contributed by atoms with Crippen LogP contribution in [-0.2, 0) is 11.3 Å². The summed E-state index contributed by atoms with van der Waals surface area (Å²) in [4.78, 5) is 12.1. The van der Waals surface area contributed by atoms with E-state index in [0.717, 1.165) is 11.6 Å². The average molecular weight is 274 g/mol. The first kappa shape index (κ1) is 14.0. The molecule has 0 bridgehead atoms. The summed E-state index contributed by atoms with van der Waals surface area (Å²) in [6, 6.07) is 11.2. The van der Waals surface area contributed by atoms with Crippen molar-refractivity contribution < 1.29 is 13.9 Å². The highest BCUT2D eigenvalue weighted by molar-refractivity contribution is 6.05. The van der Waals surface area contributed by atoms with Crippen LogP contribution in [0.2, 0.25) is 0 Å². The van der Waals surface area contributed by atoms with Gasteiger partial charge in [-0.2, -0.15) is 0 Å². The van der Waals surface area contributed by atoms with Crippen molar-refractivity contribution in [3.05, 3.63) is 59.4 Å². The lowest BCUT2D eigenvalue weighted by Crippen LogP contribution is -2.15. The first-order valence-corrected chi connectivity index (χ1v) is 6.05. The number of carbonyl (C=O) groups is 1. The van der Waals surface area contributed by atoms with E-state index in [1.807, 2.05) is 12.1 Å². The summed E-state index contributed by atoms with van der Waals surface area (Å²) in [5.41, 5.74) is 7.09. The summed E-state index contributed by atoms with van der Waals surface area (Å²) in [5.74, 6) is -1.17. The average Bonchev–Trinajstić information content (AvgIpc) is 2.41. The van der Waals surface area contributed by atoms with Crippen LogP contribution in [0.5, 0.6) is 0 Å². The lowest BCUT2D eigenvalue weighted by atomic mass is 10.1. The monoisotopic (exact) mass is 274 g/mol. The molecule has 0 radical (unpaired) electrons. The number of benzene rings is 2. The van der Waals surface area contributed by atoms with Gasteiger partial charge in [-0.05, 0) is 24.3 Å². The van der Waals surface area contributed by atoms with Crippen molar-refractivity contribution in [1.82, 2.24) is 0 Å². The van der Waals surface area contributed by atoms with Gasteiger partial charge in [0.2, 0.25) is 0 Å². The van der Waals surface area contributed by atoms with E-state index in [1.165, 1.54) is 12.1 Å². The van der Waals surface area contributed by atoms with Crippen LogP contribution in [0.1, 0.15) is 15.9 Å². The summed E-state index contributed by atoms with van der Waals surface area (Å²) in [5, 5.41) is 2.67. The molecule has 0 aliphatic heterocycles. The van der Waals surface area contributed by atoms with Gasteiger partial charge in [-0.15, -0.1) is 0 Å². The molecule has 0 aliphatic carbocycles. The Morgan fingerprint density at radius 1 is 1.30 bits per heavy atom. The summed E-state index contributed by atoms with van der Waals surface area (Å²) in [7, 11) is 1.57. The Balaban J connectivity index is 2.23. The predicted octanol–water partition coefficient (Wildman–Crippen LogP) is 2.81. The van der Waals surface area contributed by atoms with Crippen LogP contribution in [0.15, 0.2) is 42.5 Å². The number of anilines is 2. The quantitative estimate of drug-likeness (QED) is 0.843. The van der Waals surface area contributed by atoms with Gasteiger partial charge in [-0.1, -0.05) is 18.2 Å². The van der Waals surface area contributed by atoms with E-state index in [0.29, 0.717) is 12.3 Å². The molecule has 1 amide bonds. The molecule has 3 N–H and O–H groups in total. The van der Waals surface area contributed by atoms with E-state index in [4.69, 9.17) is 10.5 Å². The standard InChI is InChI=1S/C15H15FN2O2/c1-20-9-10-4-2-3-5-14(10)18-15(19)12-7-6-11(17)8-13(12)16/h2-8H,9,17H2,1H3,(H,18,19). The number of nitrogens with two attached hydrogens (primary N) is 1. The molecule has 104 valence electrons. The lowest BCUT2D eigenvalue weighted by molar-refractivity contribution is 0.102. The fourth-order valence-corrected chi connectivity index (χ4v) is 1.83. The van der Waals surface area contributed by atoms with Crippen LogP contribution < -0.4 is 11.1 Å². The molecular weight excluding hydrogens is 259 g/mol. The first-order chi connectivity index (χ1) is 9.61. The summed E-state index contributed by atoms with van der Waals surface area (Å²) in [6.07, 6.45) is 0. The van der Waals surface area contributed by atoms with Crippen molar-refractivity contribution >= 4 is 17.3 Å². The van der Waals surface area contributed by atoms with Crippen LogP contribution in [-0.4, -0.2) is 13.0 Å². The first-order valence-electron chi connectivity index (χ1n) is 6.05. The van der Waals surface area contributed by atoms with E-state index >= 15 is 0 Å². The van der Waals surface area contributed by atoms with Gasteiger partial charge in [0.15, 0.2) is 0 Å². The molecule has 0 fully saturated rings. The van der Waals surface area contributed by atoms with Gasteiger partial charge in [0.25, 0.3) is 5.91 Å². The number of amides is 1. The van der Waals surface area contributed by atoms with Crippen LogP contribution >= 0.6 is 0 Å². The van der Waals surface area contributed by atoms with Crippen molar-refractivity contribution in [1.29, 1.82) is 0 Å². The molecule has 2 aromatic carbocycles. The highest BCUT2D eigenvalue weighted by atomic mass is 19.1. The van der Waals surface area contributed by atoms with Gasteiger partial charge in [0.05, 0.1) is 12.2 Å².